The van der Waals surface area contributed by atoms with Gasteiger partial charge in [-0.1, -0.05) is 0 Å². The Morgan fingerprint density at radius 3 is 1.33 bits per heavy atom. The molecular weight excluding hydrogens is 214 g/mol. The van der Waals surface area contributed by atoms with Gasteiger partial charge in [-0.15, -0.1) is 0 Å². The van der Waals surface area contributed by atoms with Gasteiger partial charge in [0.25, 0.3) is 0 Å². The van der Waals surface area contributed by atoms with Gasteiger partial charge in [0.2, 0.25) is 0 Å². The summed E-state index contributed by atoms with van der Waals surface area (Å²) in [5.41, 5.74) is 0. The van der Waals surface area contributed by atoms with Gasteiger partial charge in [0.15, 0.2) is 0 Å². The number of hydrogen-bond donors (Lipinski definition) is 1. The Morgan fingerprint density at radius 1 is 1.33 bits per heavy atom. The fourth-order valence-corrected chi connectivity index (χ4v) is 0. The SMILES string of the molecule is [H-].[Na+].[O-][I+3]([O-])([O-])O. The molecule has 0 saturated carbocycles. The van der Waals surface area contributed by atoms with Crippen LogP contribution in [-0.4, -0.2) is 3.44 Å². The Bertz CT molecular complexity index is 27.2. The molecule has 6 heavy (non-hydrogen) atoms. The first-order chi connectivity index (χ1) is 2.00. The first-order valence-electron chi connectivity index (χ1n) is 0.632. The monoisotopic (exact) mass is 216 g/mol. The molecule has 0 aromatic heterocycles. The second kappa shape index (κ2) is 3.56. The molecule has 0 radical (unpaired) electrons. The molecule has 0 rings (SSSR count). The molecule has 0 atom stereocenters. The Morgan fingerprint density at radius 2 is 1.33 bits per heavy atom. The van der Waals surface area contributed by atoms with Crippen molar-refractivity contribution in [2.45, 2.75) is 0 Å². The molecule has 34 valence electrons. The fourth-order valence-electron chi connectivity index (χ4n) is 0. The van der Waals surface area contributed by atoms with Crippen LogP contribution in [-0.2, 0) is 0 Å². The van der Waals surface area contributed by atoms with Crippen LogP contribution in [0.2, 0.25) is 0 Å². The van der Waals surface area contributed by atoms with E-state index in [1.54, 1.807) is 0 Å². The van der Waals surface area contributed by atoms with Gasteiger partial charge in [0.1, 0.15) is 0 Å². The standard InChI is InChI=1S/HIO4.Na.H/c2-1(3,4)5;;/h2H;;/q;+1;-1. The first-order valence-corrected chi connectivity index (χ1v) is 4.24. The quantitative estimate of drug-likeness (QED) is 0.321. The molecule has 0 amide bonds. The zero-order valence-electron chi connectivity index (χ0n) is 4.05. The zero-order chi connectivity index (χ0) is 4.50. The summed E-state index contributed by atoms with van der Waals surface area (Å²) in [5.74, 6) is 0. The predicted octanol–water partition coefficient (Wildman–Crippen LogP) is -10.0. The van der Waals surface area contributed by atoms with E-state index in [1.165, 1.54) is 0 Å². The molecule has 0 aromatic rings. The summed E-state index contributed by atoms with van der Waals surface area (Å²) in [6, 6.07) is 0. The van der Waals surface area contributed by atoms with Gasteiger partial charge >= 0.3 is 49.7 Å². The fraction of sp³-hybridized carbons (Fsp3) is 0. The van der Waals surface area contributed by atoms with Crippen LogP contribution in [0.15, 0.2) is 0 Å². The Balaban J connectivity index is -0.0000000800. The summed E-state index contributed by atoms with van der Waals surface area (Å²) in [5, 5.41) is 0. The third-order valence-corrected chi connectivity index (χ3v) is 0. The summed E-state index contributed by atoms with van der Waals surface area (Å²) < 4.78 is 33.2. The molecule has 0 aliphatic carbocycles. The maximum atomic E-state index is 8.73. The Labute approximate surface area is 64.3 Å². The van der Waals surface area contributed by atoms with Gasteiger partial charge in [-0.3, -0.25) is 10.3 Å². The normalized spacial score (nSPS) is 10.0. The van der Waals surface area contributed by atoms with E-state index >= 15 is 0 Å². The van der Waals surface area contributed by atoms with Crippen LogP contribution >= 0.6 is 0 Å². The topological polar surface area (TPSA) is 89.4 Å². The van der Waals surface area contributed by atoms with E-state index in [-0.39, 0.29) is 31.0 Å². The van der Waals surface area contributed by atoms with Gasteiger partial charge in [0.05, 0.1) is 0 Å². The molecule has 0 fully saturated rings. The van der Waals surface area contributed by atoms with Gasteiger partial charge < -0.3 is 1.43 Å². The van der Waals surface area contributed by atoms with E-state index < -0.39 is 20.1 Å². The minimum atomic E-state index is -5.69. The molecule has 0 aliphatic rings. The van der Waals surface area contributed by atoms with Crippen molar-refractivity contribution in [3.8, 4) is 0 Å². The number of hydrogen-bond acceptors (Lipinski definition) is 4. The number of rotatable bonds is 0. The number of halogens is 1. The van der Waals surface area contributed by atoms with Crippen molar-refractivity contribution in [2.24, 2.45) is 0 Å². The van der Waals surface area contributed by atoms with Crippen molar-refractivity contribution in [3.05, 3.63) is 0 Å². The molecule has 0 spiro atoms. The third kappa shape index (κ3) is 47.2. The molecule has 4 nitrogen and oxygen atoms in total. The second-order valence-electron chi connectivity index (χ2n) is 0.396. The van der Waals surface area contributed by atoms with Crippen molar-refractivity contribution in [1.29, 1.82) is 0 Å². The molecule has 0 aliphatic heterocycles. The maximum absolute atomic E-state index is 8.73. The van der Waals surface area contributed by atoms with Crippen LogP contribution in [0.1, 0.15) is 1.43 Å². The van der Waals surface area contributed by atoms with Crippen LogP contribution in [0.3, 0.4) is 0 Å². The van der Waals surface area contributed by atoms with Gasteiger partial charge in [0, 0.05) is 3.44 Å². The summed E-state index contributed by atoms with van der Waals surface area (Å²) in [6.45, 7) is 0. The molecule has 0 bridgehead atoms. The molecule has 1 N–H and O–H groups in total. The molecule has 0 unspecified atom stereocenters. The molecule has 0 heterocycles. The smallest absolute Gasteiger partial charge is 1.00 e. The Hall–Kier alpha value is 1.57. The van der Waals surface area contributed by atoms with Crippen LogP contribution in [0.25, 0.3) is 0 Å². The van der Waals surface area contributed by atoms with Crippen molar-refractivity contribution >= 4 is 0 Å². The molecule has 0 saturated heterocycles. The molecule has 6 heteroatoms. The maximum Gasteiger partial charge on any atom is 1.00 e. The van der Waals surface area contributed by atoms with Gasteiger partial charge in [-0.05, 0) is 0 Å². The summed E-state index contributed by atoms with van der Waals surface area (Å²) in [7, 11) is 0. The average Bonchev–Trinajstić information content (AvgIpc) is 0.722. The minimum absolute atomic E-state index is 0. The molecular formula is H2INaO4. The predicted molar refractivity (Wildman–Crippen MR) is 3.33 cm³/mol. The van der Waals surface area contributed by atoms with Crippen LogP contribution < -0.4 is 60.0 Å². The van der Waals surface area contributed by atoms with Crippen molar-refractivity contribution < 1.29 is 64.8 Å². The van der Waals surface area contributed by atoms with E-state index in [0.717, 1.165) is 0 Å². The van der Waals surface area contributed by atoms with E-state index in [1.807, 2.05) is 0 Å². The van der Waals surface area contributed by atoms with Crippen LogP contribution in [0.5, 0.6) is 0 Å². The van der Waals surface area contributed by atoms with E-state index in [2.05, 4.69) is 0 Å². The zero-order valence-corrected chi connectivity index (χ0v) is 7.21. The molecule has 0 aromatic carbocycles. The minimum Gasteiger partial charge on any atom is -1.00 e. The van der Waals surface area contributed by atoms with Crippen LogP contribution in [0.4, 0.5) is 0 Å². The van der Waals surface area contributed by atoms with Crippen molar-refractivity contribution in [3.63, 3.8) is 0 Å². The third-order valence-electron chi connectivity index (χ3n) is 0. The summed E-state index contributed by atoms with van der Waals surface area (Å²) in [6.07, 6.45) is 0. The van der Waals surface area contributed by atoms with Gasteiger partial charge in [-0.25, -0.2) is 0 Å². The van der Waals surface area contributed by atoms with E-state index in [9.17, 15) is 0 Å². The largest absolute Gasteiger partial charge is 1.00 e. The Kier molecular flexibility index (Phi) is 6.24. The second-order valence-corrected chi connectivity index (χ2v) is 2.66. The first kappa shape index (κ1) is 10.5. The van der Waals surface area contributed by atoms with E-state index in [0.29, 0.717) is 0 Å². The van der Waals surface area contributed by atoms with E-state index in [4.69, 9.17) is 13.7 Å². The summed E-state index contributed by atoms with van der Waals surface area (Å²) >= 11 is -5.69. The van der Waals surface area contributed by atoms with Crippen LogP contribution in [0, 0.1) is 0 Å². The van der Waals surface area contributed by atoms with Crippen molar-refractivity contribution in [2.75, 3.05) is 0 Å². The average molecular weight is 216 g/mol. The summed E-state index contributed by atoms with van der Waals surface area (Å²) in [4.78, 5) is 0. The van der Waals surface area contributed by atoms with Crippen molar-refractivity contribution in [1.82, 2.24) is 0 Å². The van der Waals surface area contributed by atoms with Gasteiger partial charge in [-0.2, -0.15) is 0 Å².